The fourth-order valence-corrected chi connectivity index (χ4v) is 6.28. The molecule has 1 N–H and O–H groups in total. The van der Waals surface area contributed by atoms with Crippen molar-refractivity contribution in [2.45, 2.75) is 75.1 Å². The third-order valence-electron chi connectivity index (χ3n) is 7.06. The molecule has 3 fully saturated rings. The Balaban J connectivity index is 1.39. The van der Waals surface area contributed by atoms with Crippen LogP contribution in [0.2, 0.25) is 0 Å². The second-order valence-corrected chi connectivity index (χ2v) is 11.3. The number of nitrogens with one attached hydrogen (secondary N) is 1. The number of sulfonamides is 1. The highest BCUT2D eigenvalue weighted by molar-refractivity contribution is 7.88. The highest BCUT2D eigenvalue weighted by Crippen LogP contribution is 2.61. The number of fused-ring (bicyclic) bond motifs is 1. The van der Waals surface area contributed by atoms with Gasteiger partial charge in [0.15, 0.2) is 12.4 Å². The van der Waals surface area contributed by atoms with Crippen LogP contribution in [0.15, 0.2) is 12.4 Å². The minimum absolute atomic E-state index is 0.0404. The molecule has 2 aliphatic carbocycles. The van der Waals surface area contributed by atoms with Crippen LogP contribution in [0.5, 0.6) is 0 Å². The molecule has 13 heteroatoms. The molecule has 0 bridgehead atoms. The van der Waals surface area contributed by atoms with Gasteiger partial charge in [-0.15, -0.1) is 0 Å². The summed E-state index contributed by atoms with van der Waals surface area (Å²) in [6.45, 7) is 0.721. The molecule has 9 nitrogen and oxygen atoms in total. The van der Waals surface area contributed by atoms with E-state index in [1.807, 2.05) is 0 Å². The fourth-order valence-electron chi connectivity index (χ4n) is 5.47. The minimum atomic E-state index is -3.57. The van der Waals surface area contributed by atoms with Crippen molar-refractivity contribution < 1.29 is 35.9 Å². The quantitative estimate of drug-likeness (QED) is 0.576. The van der Waals surface area contributed by atoms with Gasteiger partial charge in [-0.1, -0.05) is 0 Å². The Hall–Kier alpha value is -1.99. The normalized spacial score (nSPS) is 33.1. The molecule has 0 aromatic carbocycles. The van der Waals surface area contributed by atoms with Gasteiger partial charge in [-0.3, -0.25) is 4.90 Å². The lowest BCUT2D eigenvalue weighted by atomic mass is 9.86. The molecule has 6 atom stereocenters. The average Bonchev–Trinajstić information content (AvgIpc) is 3.40. The number of halogens is 3. The van der Waals surface area contributed by atoms with Crippen LogP contribution < -0.4 is 4.72 Å². The molecule has 1 aliphatic heterocycles. The maximum Gasteiger partial charge on any atom is 0.410 e. The summed E-state index contributed by atoms with van der Waals surface area (Å²) < 4.78 is 75.4. The predicted octanol–water partition coefficient (Wildman–Crippen LogP) is 2.22. The van der Waals surface area contributed by atoms with Gasteiger partial charge in [-0.05, 0) is 44.9 Å². The lowest BCUT2D eigenvalue weighted by molar-refractivity contribution is -0.0182. The zero-order valence-corrected chi connectivity index (χ0v) is 19.8. The van der Waals surface area contributed by atoms with E-state index in [-0.39, 0.29) is 18.1 Å². The number of ether oxygens (including phenoxy) is 2. The maximum atomic E-state index is 13.2. The summed E-state index contributed by atoms with van der Waals surface area (Å²) in [4.78, 5) is 22.1. The summed E-state index contributed by atoms with van der Waals surface area (Å²) in [5.41, 5.74) is -0.152. The van der Waals surface area contributed by atoms with Crippen molar-refractivity contribution in [2.24, 2.45) is 5.92 Å². The zero-order valence-electron chi connectivity index (χ0n) is 19.0. The van der Waals surface area contributed by atoms with Crippen LogP contribution in [0.3, 0.4) is 0 Å². The van der Waals surface area contributed by atoms with Gasteiger partial charge < -0.3 is 9.47 Å². The lowest BCUT2D eigenvalue weighted by Gasteiger charge is -2.33. The van der Waals surface area contributed by atoms with Crippen molar-refractivity contribution in [2.75, 3.05) is 19.5 Å². The van der Waals surface area contributed by atoms with E-state index in [1.54, 1.807) is 6.92 Å². The zero-order chi connectivity index (χ0) is 24.7. The van der Waals surface area contributed by atoms with Crippen LogP contribution in [0.4, 0.5) is 18.0 Å². The second kappa shape index (κ2) is 9.57. The molecule has 4 rings (SSSR count). The number of alkyl halides is 2. The van der Waals surface area contributed by atoms with Crippen molar-refractivity contribution in [3.05, 3.63) is 24.0 Å². The lowest BCUT2D eigenvalue weighted by Crippen LogP contribution is -2.50. The van der Waals surface area contributed by atoms with Crippen molar-refractivity contribution in [1.29, 1.82) is 0 Å². The second-order valence-electron chi connectivity index (χ2n) is 9.54. The Labute approximate surface area is 196 Å². The Kier molecular flexibility index (Phi) is 7.07. The van der Waals surface area contributed by atoms with E-state index in [4.69, 9.17) is 9.47 Å². The topological polar surface area (TPSA) is 111 Å². The van der Waals surface area contributed by atoms with E-state index in [2.05, 4.69) is 14.7 Å². The monoisotopic (exact) mass is 506 g/mol. The SMILES string of the molecule is C[C@@H]1C[C@H](NS(C)(=O)=O)[C@H](CO[C@H]2CC[C@@]3(c4ncc(F)cn4)C[C@H]3C2)N1C(=O)OCC(F)F. The minimum Gasteiger partial charge on any atom is -0.443 e. The van der Waals surface area contributed by atoms with Gasteiger partial charge in [0, 0.05) is 17.5 Å². The molecule has 2 saturated carbocycles. The first-order valence-corrected chi connectivity index (χ1v) is 13.2. The number of hydrogen-bond donors (Lipinski definition) is 1. The first kappa shape index (κ1) is 25.1. The van der Waals surface area contributed by atoms with Crippen LogP contribution in [0.1, 0.15) is 44.9 Å². The molecular weight excluding hydrogens is 477 g/mol. The van der Waals surface area contributed by atoms with Gasteiger partial charge in [-0.25, -0.2) is 41.1 Å². The Morgan fingerprint density at radius 3 is 2.65 bits per heavy atom. The van der Waals surface area contributed by atoms with Crippen molar-refractivity contribution in [3.63, 3.8) is 0 Å². The summed E-state index contributed by atoms with van der Waals surface area (Å²) in [6.07, 6.45) is 2.97. The molecule has 1 aromatic rings. The van der Waals surface area contributed by atoms with Crippen LogP contribution in [-0.2, 0) is 24.9 Å². The van der Waals surface area contributed by atoms with Gasteiger partial charge in [0.05, 0.1) is 37.4 Å². The van der Waals surface area contributed by atoms with Gasteiger partial charge in [0.25, 0.3) is 6.43 Å². The number of likely N-dealkylation sites (tertiary alicyclic amines) is 1. The predicted molar refractivity (Wildman–Crippen MR) is 114 cm³/mol. The Bertz CT molecular complexity index is 999. The van der Waals surface area contributed by atoms with Crippen LogP contribution in [-0.4, -0.2) is 79.5 Å². The number of carbonyl (C=O) groups is 1. The third kappa shape index (κ3) is 5.46. The first-order valence-electron chi connectivity index (χ1n) is 11.3. The van der Waals surface area contributed by atoms with Crippen LogP contribution >= 0.6 is 0 Å². The highest BCUT2D eigenvalue weighted by atomic mass is 32.2. The van der Waals surface area contributed by atoms with E-state index >= 15 is 0 Å². The van der Waals surface area contributed by atoms with Crippen LogP contribution in [0, 0.1) is 11.7 Å². The van der Waals surface area contributed by atoms with E-state index in [9.17, 15) is 26.4 Å². The van der Waals surface area contributed by atoms with E-state index in [1.165, 1.54) is 17.3 Å². The van der Waals surface area contributed by atoms with E-state index in [0.717, 1.165) is 25.5 Å². The molecule has 3 aliphatic rings. The Morgan fingerprint density at radius 1 is 1.32 bits per heavy atom. The first-order chi connectivity index (χ1) is 16.0. The molecule has 1 aromatic heterocycles. The molecule has 190 valence electrons. The standard InChI is InChI=1S/C21H29F3N4O5S/c1-12-5-16(27-34(2,30)31)17(28(12)20(29)33-11-18(23)24)10-32-15-3-4-21(7-13(21)6-15)19-25-8-14(22)9-26-19/h8-9,12-13,15-18,27H,3-7,10-11H2,1-2H3/t12-,13-,15+,16+,17+,21-/m1/s1. The largest absolute Gasteiger partial charge is 0.443 e. The third-order valence-corrected chi connectivity index (χ3v) is 7.79. The number of nitrogens with zero attached hydrogens (tertiary/aromatic N) is 3. The molecule has 1 amide bonds. The number of aromatic nitrogens is 2. The number of rotatable bonds is 8. The van der Waals surface area contributed by atoms with Gasteiger partial charge in [0.1, 0.15) is 5.82 Å². The number of hydrogen-bond acceptors (Lipinski definition) is 7. The van der Waals surface area contributed by atoms with Gasteiger partial charge in [-0.2, -0.15) is 0 Å². The molecule has 0 spiro atoms. The smallest absolute Gasteiger partial charge is 0.410 e. The summed E-state index contributed by atoms with van der Waals surface area (Å²) in [6, 6.07) is -1.74. The fraction of sp³-hybridized carbons (Fsp3) is 0.762. The molecule has 1 saturated heterocycles. The Morgan fingerprint density at radius 2 is 2.03 bits per heavy atom. The summed E-state index contributed by atoms with van der Waals surface area (Å²) in [5, 5.41) is 0. The van der Waals surface area contributed by atoms with Crippen molar-refractivity contribution in [1.82, 2.24) is 19.6 Å². The number of carbonyl (C=O) groups excluding carboxylic acids is 1. The van der Waals surface area contributed by atoms with Crippen LogP contribution in [0.25, 0.3) is 0 Å². The van der Waals surface area contributed by atoms with Gasteiger partial charge in [0.2, 0.25) is 10.0 Å². The van der Waals surface area contributed by atoms with E-state index < -0.39 is 53.1 Å². The van der Waals surface area contributed by atoms with E-state index in [0.29, 0.717) is 24.6 Å². The molecule has 34 heavy (non-hydrogen) atoms. The number of amides is 1. The summed E-state index contributed by atoms with van der Waals surface area (Å²) in [7, 11) is -3.57. The highest BCUT2D eigenvalue weighted by Gasteiger charge is 2.60. The molecule has 2 heterocycles. The molecule has 0 unspecified atom stereocenters. The van der Waals surface area contributed by atoms with Crippen molar-refractivity contribution >= 4 is 16.1 Å². The average molecular weight is 507 g/mol. The molecular formula is C21H29F3N4O5S. The summed E-state index contributed by atoms with van der Waals surface area (Å²) >= 11 is 0. The maximum absolute atomic E-state index is 13.2. The molecule has 0 radical (unpaired) electrons. The van der Waals surface area contributed by atoms with Crippen molar-refractivity contribution in [3.8, 4) is 0 Å². The summed E-state index contributed by atoms with van der Waals surface area (Å²) in [5.74, 6) is 0.470. The van der Waals surface area contributed by atoms with Gasteiger partial charge >= 0.3 is 6.09 Å².